The summed E-state index contributed by atoms with van der Waals surface area (Å²) in [6, 6.07) is 12.1. The standard InChI is InChI=1S/C33H41N5O5/c1-20(2)16-27-31(40)34-14-12-21-17-23(10-11-29(21)42-5)43-33-25(30(39)36-27)13-15-38(33)32(41)28(37(3)4)18-22-19-35-26-9-7-6-8-24(22)26/h6-12,14,17,19-20,25,27-28,33,35H,13,15-16,18H2,1-5H3,(H,34,40)(H,36,39)/b14-12+. The average Bonchev–Trinajstić information content (AvgIpc) is 3.58. The van der Waals surface area contributed by atoms with Crippen LogP contribution in [-0.2, 0) is 20.8 Å². The zero-order chi connectivity index (χ0) is 30.7. The smallest absolute Gasteiger partial charge is 0.246 e. The number of likely N-dealkylation sites (N-methyl/N-ethyl adjacent to an activating group) is 1. The fourth-order valence-electron chi connectivity index (χ4n) is 5.95. The van der Waals surface area contributed by atoms with E-state index in [1.807, 2.05) is 63.3 Å². The maximum absolute atomic E-state index is 14.3. The van der Waals surface area contributed by atoms with Crippen molar-refractivity contribution in [1.29, 1.82) is 0 Å². The van der Waals surface area contributed by atoms with E-state index in [1.165, 1.54) is 0 Å². The van der Waals surface area contributed by atoms with Crippen LogP contribution in [0, 0.1) is 11.8 Å². The molecule has 0 saturated carbocycles. The van der Waals surface area contributed by atoms with Crippen molar-refractivity contribution < 1.29 is 23.9 Å². The lowest BCUT2D eigenvalue weighted by Crippen LogP contribution is -2.54. The lowest BCUT2D eigenvalue weighted by atomic mass is 10.0. The van der Waals surface area contributed by atoms with Crippen LogP contribution in [0.3, 0.4) is 0 Å². The minimum Gasteiger partial charge on any atom is -0.496 e. The quantitative estimate of drug-likeness (QED) is 0.390. The normalized spacial score (nSPS) is 22.1. The zero-order valence-electron chi connectivity index (χ0n) is 25.4. The minimum atomic E-state index is -0.855. The summed E-state index contributed by atoms with van der Waals surface area (Å²) in [5, 5.41) is 6.84. The molecule has 2 aliphatic rings. The van der Waals surface area contributed by atoms with Gasteiger partial charge < -0.3 is 30.0 Å². The molecule has 43 heavy (non-hydrogen) atoms. The summed E-state index contributed by atoms with van der Waals surface area (Å²) in [5.41, 5.74) is 2.75. The highest BCUT2D eigenvalue weighted by Gasteiger charge is 2.45. The van der Waals surface area contributed by atoms with Gasteiger partial charge in [0.15, 0.2) is 6.23 Å². The molecule has 3 aromatic rings. The zero-order valence-corrected chi connectivity index (χ0v) is 25.4. The van der Waals surface area contributed by atoms with Gasteiger partial charge in [-0.1, -0.05) is 32.0 Å². The maximum atomic E-state index is 14.3. The van der Waals surface area contributed by atoms with Crippen molar-refractivity contribution in [3.63, 3.8) is 0 Å². The second kappa shape index (κ2) is 12.9. The summed E-state index contributed by atoms with van der Waals surface area (Å²) < 4.78 is 12.0. The Bertz CT molecular complexity index is 1510. The number of likely N-dealkylation sites (tertiary alicyclic amines) is 1. The topological polar surface area (TPSA) is 116 Å². The molecule has 2 bridgehead atoms. The number of hydrogen-bond donors (Lipinski definition) is 3. The number of rotatable bonds is 7. The third kappa shape index (κ3) is 6.54. The van der Waals surface area contributed by atoms with E-state index in [0.29, 0.717) is 42.9 Å². The molecular formula is C33H41N5O5. The van der Waals surface area contributed by atoms with Gasteiger partial charge in [0.05, 0.1) is 19.1 Å². The number of fused-ring (bicyclic) bond motifs is 4. The number of ether oxygens (including phenoxy) is 2. The monoisotopic (exact) mass is 587 g/mol. The van der Waals surface area contributed by atoms with E-state index < -0.39 is 24.2 Å². The number of aromatic nitrogens is 1. The Labute approximate surface area is 252 Å². The molecule has 1 saturated heterocycles. The number of carbonyl (C=O) groups is 3. The van der Waals surface area contributed by atoms with Crippen LogP contribution in [0.5, 0.6) is 11.5 Å². The van der Waals surface area contributed by atoms with Crippen LogP contribution in [0.4, 0.5) is 0 Å². The van der Waals surface area contributed by atoms with Crippen molar-refractivity contribution in [2.75, 3.05) is 27.7 Å². The molecule has 0 radical (unpaired) electrons. The SMILES string of the molecule is COc1ccc2cc1/C=C/NC(=O)C(CC(C)C)NC(=O)C1CCN(C(=O)C(Cc3c[nH]c4ccccc34)N(C)C)C1O2. The van der Waals surface area contributed by atoms with Gasteiger partial charge in [0, 0.05) is 35.4 Å². The van der Waals surface area contributed by atoms with Gasteiger partial charge in [0.2, 0.25) is 17.7 Å². The Kier molecular flexibility index (Phi) is 9.05. The fraction of sp³-hybridized carbons (Fsp3) is 0.424. The largest absolute Gasteiger partial charge is 0.496 e. The van der Waals surface area contributed by atoms with E-state index in [4.69, 9.17) is 9.47 Å². The van der Waals surface area contributed by atoms with Gasteiger partial charge in [0.25, 0.3) is 0 Å². The van der Waals surface area contributed by atoms with Crippen LogP contribution < -0.4 is 20.1 Å². The summed E-state index contributed by atoms with van der Waals surface area (Å²) in [4.78, 5) is 48.1. The fourth-order valence-corrected chi connectivity index (χ4v) is 5.95. The number of amides is 3. The first-order valence-electron chi connectivity index (χ1n) is 14.8. The van der Waals surface area contributed by atoms with Gasteiger partial charge in [0.1, 0.15) is 17.5 Å². The summed E-state index contributed by atoms with van der Waals surface area (Å²) in [6.45, 7) is 4.36. The van der Waals surface area contributed by atoms with E-state index in [-0.39, 0.29) is 23.6 Å². The molecule has 3 heterocycles. The third-order valence-corrected chi connectivity index (χ3v) is 8.24. The summed E-state index contributed by atoms with van der Waals surface area (Å²) in [7, 11) is 5.35. The van der Waals surface area contributed by atoms with E-state index in [9.17, 15) is 14.4 Å². The van der Waals surface area contributed by atoms with Gasteiger partial charge in [-0.25, -0.2) is 0 Å². The number of carbonyl (C=O) groups excluding carboxylic acids is 3. The number of nitrogens with zero attached hydrogens (tertiary/aromatic N) is 2. The number of methoxy groups -OCH3 is 1. The van der Waals surface area contributed by atoms with Crippen LogP contribution in [0.15, 0.2) is 54.9 Å². The molecule has 2 aromatic carbocycles. The number of hydrogen-bond acceptors (Lipinski definition) is 6. The summed E-state index contributed by atoms with van der Waals surface area (Å²) in [5.74, 6) is -0.136. The molecule has 228 valence electrons. The molecule has 4 unspecified atom stereocenters. The van der Waals surface area contributed by atoms with Crippen molar-refractivity contribution in [2.45, 2.75) is 51.4 Å². The second-order valence-corrected chi connectivity index (χ2v) is 11.9. The van der Waals surface area contributed by atoms with Crippen molar-refractivity contribution in [2.24, 2.45) is 11.8 Å². The Hall–Kier alpha value is -4.31. The molecular weight excluding hydrogens is 546 g/mol. The molecule has 10 heteroatoms. The molecule has 4 atom stereocenters. The van der Waals surface area contributed by atoms with E-state index >= 15 is 0 Å². The van der Waals surface area contributed by atoms with Gasteiger partial charge in [-0.2, -0.15) is 0 Å². The highest BCUT2D eigenvalue weighted by molar-refractivity contribution is 5.91. The Morgan fingerprint density at radius 3 is 2.67 bits per heavy atom. The molecule has 10 nitrogen and oxygen atoms in total. The number of H-pyrrole nitrogens is 1. The lowest BCUT2D eigenvalue weighted by molar-refractivity contribution is -0.145. The van der Waals surface area contributed by atoms with Crippen LogP contribution in [-0.4, -0.2) is 78.6 Å². The molecule has 0 spiro atoms. The lowest BCUT2D eigenvalue weighted by Gasteiger charge is -2.33. The number of aromatic amines is 1. The van der Waals surface area contributed by atoms with Gasteiger partial charge >= 0.3 is 0 Å². The summed E-state index contributed by atoms with van der Waals surface area (Å²) >= 11 is 0. The van der Waals surface area contributed by atoms with E-state index in [0.717, 1.165) is 16.5 Å². The number of benzene rings is 2. The Morgan fingerprint density at radius 1 is 1.14 bits per heavy atom. The van der Waals surface area contributed by atoms with Crippen molar-refractivity contribution in [1.82, 2.24) is 25.4 Å². The molecule has 2 aliphatic heterocycles. The highest BCUT2D eigenvalue weighted by atomic mass is 16.5. The second-order valence-electron chi connectivity index (χ2n) is 11.9. The van der Waals surface area contributed by atoms with Crippen LogP contribution >= 0.6 is 0 Å². The minimum absolute atomic E-state index is 0.120. The van der Waals surface area contributed by atoms with Crippen LogP contribution in [0.2, 0.25) is 0 Å². The highest BCUT2D eigenvalue weighted by Crippen LogP contribution is 2.33. The third-order valence-electron chi connectivity index (χ3n) is 8.24. The van der Waals surface area contributed by atoms with Crippen molar-refractivity contribution in [3.8, 4) is 11.5 Å². The molecule has 1 fully saturated rings. The maximum Gasteiger partial charge on any atom is 0.246 e. The van der Waals surface area contributed by atoms with Crippen LogP contribution in [0.25, 0.3) is 17.0 Å². The predicted molar refractivity (Wildman–Crippen MR) is 165 cm³/mol. The molecule has 3 N–H and O–H groups in total. The first kappa shape index (κ1) is 30.2. The van der Waals surface area contributed by atoms with Gasteiger partial charge in [-0.3, -0.25) is 19.3 Å². The van der Waals surface area contributed by atoms with E-state index in [2.05, 4.69) is 15.6 Å². The number of para-hydroxylation sites is 1. The van der Waals surface area contributed by atoms with E-state index in [1.54, 1.807) is 42.5 Å². The Balaban J connectivity index is 1.49. The van der Waals surface area contributed by atoms with Crippen molar-refractivity contribution in [3.05, 3.63) is 66.0 Å². The summed E-state index contributed by atoms with van der Waals surface area (Å²) in [6.07, 6.45) is 5.74. The van der Waals surface area contributed by atoms with Crippen molar-refractivity contribution >= 4 is 34.7 Å². The number of nitrogens with one attached hydrogen (secondary N) is 3. The molecule has 0 aliphatic carbocycles. The predicted octanol–water partition coefficient (Wildman–Crippen LogP) is 3.53. The molecule has 3 amide bonds. The van der Waals surface area contributed by atoms with Gasteiger partial charge in [-0.15, -0.1) is 0 Å². The van der Waals surface area contributed by atoms with Gasteiger partial charge in [-0.05, 0) is 75.2 Å². The Morgan fingerprint density at radius 2 is 1.93 bits per heavy atom. The van der Waals surface area contributed by atoms with Crippen LogP contribution in [0.1, 0.15) is 37.8 Å². The first-order valence-corrected chi connectivity index (χ1v) is 14.8. The first-order chi connectivity index (χ1) is 20.7. The molecule has 1 aromatic heterocycles. The molecule has 5 rings (SSSR count). The average molecular weight is 588 g/mol.